The standard InChI is InChI=1S/C34H33N5O5S/c35-17-23-6-8-24(9-7-23)18-37-32(40)29-16-26-12-15-36-31-30(26)39(33(29)41)27(21-44-20-25-4-2-1-3-5-25)19-38(31)22-34(13-14-34)45(42,43)28-10-11-28/h1-9,12,15-16,27-28H,10-11,13-14,18-22H2,(H,37,40). The van der Waals surface area contributed by atoms with Gasteiger partial charge in [0, 0.05) is 31.2 Å². The van der Waals surface area contributed by atoms with Crippen LogP contribution in [0.15, 0.2) is 77.7 Å². The molecule has 2 fully saturated rings. The summed E-state index contributed by atoms with van der Waals surface area (Å²) in [5.74, 6) is 0.0398. The molecule has 10 nitrogen and oxygen atoms in total. The third kappa shape index (κ3) is 5.49. The van der Waals surface area contributed by atoms with Crippen LogP contribution in [0.2, 0.25) is 0 Å². The number of anilines is 1. The minimum Gasteiger partial charge on any atom is -0.375 e. The van der Waals surface area contributed by atoms with Gasteiger partial charge in [-0.3, -0.25) is 14.2 Å². The number of nitrogens with one attached hydrogen (secondary N) is 1. The molecule has 1 amide bonds. The van der Waals surface area contributed by atoms with Crippen LogP contribution in [0, 0.1) is 11.3 Å². The van der Waals surface area contributed by atoms with E-state index in [-0.39, 0.29) is 24.0 Å². The maximum absolute atomic E-state index is 14.1. The van der Waals surface area contributed by atoms with Crippen molar-refractivity contribution < 1.29 is 17.9 Å². The van der Waals surface area contributed by atoms with Crippen molar-refractivity contribution in [1.29, 1.82) is 5.26 Å². The number of ether oxygens (including phenoxy) is 1. The molecule has 1 aliphatic heterocycles. The maximum Gasteiger partial charge on any atom is 0.264 e. The number of pyridine rings is 2. The molecule has 3 heterocycles. The molecule has 7 rings (SSSR count). The molecule has 2 aromatic heterocycles. The SMILES string of the molecule is N#Cc1ccc(CNC(=O)c2cc3ccnc4c3n(c2=O)C(COCc2ccccc2)CN4CC2(S(=O)(=O)C3CC3)CC2)cc1. The average Bonchev–Trinajstić information content (AvgIpc) is 3.99. The Balaban J connectivity index is 1.23. The van der Waals surface area contributed by atoms with Crippen LogP contribution < -0.4 is 15.8 Å². The number of hydrogen-bond acceptors (Lipinski definition) is 8. The number of benzene rings is 2. The number of amides is 1. The first kappa shape index (κ1) is 29.2. The molecule has 3 aliphatic rings. The zero-order valence-electron chi connectivity index (χ0n) is 24.7. The van der Waals surface area contributed by atoms with Gasteiger partial charge in [-0.2, -0.15) is 5.26 Å². The van der Waals surface area contributed by atoms with E-state index < -0.39 is 32.1 Å². The van der Waals surface area contributed by atoms with Gasteiger partial charge in [-0.25, -0.2) is 13.4 Å². The number of aromatic nitrogens is 2. The molecule has 11 heteroatoms. The summed E-state index contributed by atoms with van der Waals surface area (Å²) in [6.07, 6.45) is 4.33. The smallest absolute Gasteiger partial charge is 0.264 e. The van der Waals surface area contributed by atoms with E-state index in [0.29, 0.717) is 54.8 Å². The molecule has 1 atom stereocenters. The molecule has 230 valence electrons. The van der Waals surface area contributed by atoms with Crippen LogP contribution in [-0.2, 0) is 27.7 Å². The summed E-state index contributed by atoms with van der Waals surface area (Å²) in [5, 5.41) is 12.3. The molecule has 0 bridgehead atoms. The van der Waals surface area contributed by atoms with Gasteiger partial charge in [-0.05, 0) is 61.1 Å². The quantitative estimate of drug-likeness (QED) is 0.266. The number of hydrogen-bond donors (Lipinski definition) is 1. The van der Waals surface area contributed by atoms with Gasteiger partial charge in [0.2, 0.25) is 0 Å². The molecule has 4 aromatic rings. The van der Waals surface area contributed by atoms with E-state index in [4.69, 9.17) is 10.00 Å². The van der Waals surface area contributed by atoms with E-state index >= 15 is 0 Å². The molecule has 2 aromatic carbocycles. The van der Waals surface area contributed by atoms with Crippen molar-refractivity contribution in [3.8, 4) is 6.07 Å². The summed E-state index contributed by atoms with van der Waals surface area (Å²) in [5.41, 5.74) is 2.44. The number of carbonyl (C=O) groups excluding carboxylic acids is 1. The zero-order chi connectivity index (χ0) is 31.2. The van der Waals surface area contributed by atoms with Crippen molar-refractivity contribution in [1.82, 2.24) is 14.9 Å². The van der Waals surface area contributed by atoms with E-state index in [0.717, 1.165) is 24.0 Å². The molecule has 0 saturated heterocycles. The Labute approximate surface area is 261 Å². The van der Waals surface area contributed by atoms with Gasteiger partial charge < -0.3 is 15.0 Å². The van der Waals surface area contributed by atoms with Crippen LogP contribution in [0.5, 0.6) is 0 Å². The first-order valence-electron chi connectivity index (χ1n) is 15.2. The van der Waals surface area contributed by atoms with Gasteiger partial charge >= 0.3 is 0 Å². The highest BCUT2D eigenvalue weighted by atomic mass is 32.2. The lowest BCUT2D eigenvalue weighted by molar-refractivity contribution is 0.0895. The van der Waals surface area contributed by atoms with Gasteiger partial charge in [0.15, 0.2) is 15.7 Å². The fourth-order valence-corrected chi connectivity index (χ4v) is 8.79. The highest BCUT2D eigenvalue weighted by Crippen LogP contribution is 2.51. The van der Waals surface area contributed by atoms with E-state index in [2.05, 4.69) is 16.4 Å². The zero-order valence-corrected chi connectivity index (χ0v) is 25.5. The molecule has 2 saturated carbocycles. The molecule has 45 heavy (non-hydrogen) atoms. The molecule has 1 unspecified atom stereocenters. The van der Waals surface area contributed by atoms with Crippen molar-refractivity contribution in [2.45, 2.75) is 54.9 Å². The van der Waals surface area contributed by atoms with E-state index in [1.807, 2.05) is 35.2 Å². The second kappa shape index (κ2) is 11.4. The molecular weight excluding hydrogens is 590 g/mol. The summed E-state index contributed by atoms with van der Waals surface area (Å²) >= 11 is 0. The van der Waals surface area contributed by atoms with Gasteiger partial charge in [0.1, 0.15) is 5.56 Å². The number of rotatable bonds is 11. The third-order valence-electron chi connectivity index (χ3n) is 9.08. The average molecular weight is 624 g/mol. The Morgan fingerprint density at radius 3 is 2.51 bits per heavy atom. The van der Waals surface area contributed by atoms with Crippen molar-refractivity contribution in [2.75, 3.05) is 24.6 Å². The monoisotopic (exact) mass is 623 g/mol. The fourth-order valence-electron chi connectivity index (χ4n) is 6.31. The lowest BCUT2D eigenvalue weighted by atomic mass is 10.1. The second-order valence-electron chi connectivity index (χ2n) is 12.3. The summed E-state index contributed by atoms with van der Waals surface area (Å²) in [6.45, 7) is 1.37. The lowest BCUT2D eigenvalue weighted by Gasteiger charge is -2.38. The Morgan fingerprint density at radius 2 is 1.82 bits per heavy atom. The second-order valence-corrected chi connectivity index (χ2v) is 14.9. The summed E-state index contributed by atoms with van der Waals surface area (Å²) in [7, 11) is -3.27. The van der Waals surface area contributed by atoms with Crippen molar-refractivity contribution in [3.63, 3.8) is 0 Å². The summed E-state index contributed by atoms with van der Waals surface area (Å²) < 4.78 is 33.8. The molecule has 1 N–H and O–H groups in total. The fraction of sp³-hybridized carbons (Fsp3) is 0.353. The predicted molar refractivity (Wildman–Crippen MR) is 170 cm³/mol. The van der Waals surface area contributed by atoms with Gasteiger partial charge in [0.25, 0.3) is 11.5 Å². The van der Waals surface area contributed by atoms with Crippen LogP contribution in [0.1, 0.15) is 58.8 Å². The molecule has 0 radical (unpaired) electrons. The van der Waals surface area contributed by atoms with Crippen LogP contribution in [0.3, 0.4) is 0 Å². The predicted octanol–water partition coefficient (Wildman–Crippen LogP) is 3.89. The Kier molecular flexibility index (Phi) is 7.42. The van der Waals surface area contributed by atoms with Crippen molar-refractivity contribution >= 4 is 32.5 Å². The van der Waals surface area contributed by atoms with E-state index in [9.17, 15) is 18.0 Å². The topological polar surface area (TPSA) is 134 Å². The minimum absolute atomic E-state index is 0.00442. The van der Waals surface area contributed by atoms with E-state index in [1.165, 1.54) is 0 Å². The largest absolute Gasteiger partial charge is 0.375 e. The van der Waals surface area contributed by atoms with Crippen LogP contribution in [-0.4, -0.2) is 53.6 Å². The van der Waals surface area contributed by atoms with Gasteiger partial charge in [-0.1, -0.05) is 42.5 Å². The maximum atomic E-state index is 14.1. The number of nitrogens with zero attached hydrogens (tertiary/aromatic N) is 4. The number of carbonyl (C=O) groups is 1. The highest BCUT2D eigenvalue weighted by molar-refractivity contribution is 7.94. The first-order valence-corrected chi connectivity index (χ1v) is 16.8. The normalized spacial score (nSPS) is 18.4. The van der Waals surface area contributed by atoms with Crippen LogP contribution in [0.25, 0.3) is 10.9 Å². The van der Waals surface area contributed by atoms with Crippen molar-refractivity contribution in [2.24, 2.45) is 0 Å². The Morgan fingerprint density at radius 1 is 1.07 bits per heavy atom. The minimum atomic E-state index is -3.27. The van der Waals surface area contributed by atoms with Crippen molar-refractivity contribution in [3.05, 3.63) is 106 Å². The molecule has 0 spiro atoms. The Hall–Kier alpha value is -4.53. The summed E-state index contributed by atoms with van der Waals surface area (Å²) in [6, 6.07) is 21.6. The highest BCUT2D eigenvalue weighted by Gasteiger charge is 2.60. The van der Waals surface area contributed by atoms with E-state index in [1.54, 1.807) is 47.2 Å². The number of sulfone groups is 1. The van der Waals surface area contributed by atoms with Gasteiger partial charge in [0.05, 0.1) is 46.4 Å². The third-order valence-corrected chi connectivity index (χ3v) is 12.2. The molecule has 2 aliphatic carbocycles. The number of nitriles is 1. The summed E-state index contributed by atoms with van der Waals surface area (Å²) in [4.78, 5) is 34.2. The van der Waals surface area contributed by atoms with Crippen LogP contribution in [0.4, 0.5) is 5.82 Å². The Bertz CT molecular complexity index is 1980. The van der Waals surface area contributed by atoms with Crippen LogP contribution >= 0.6 is 0 Å². The lowest BCUT2D eigenvalue weighted by Crippen LogP contribution is -2.48. The molecular formula is C34H33N5O5S. The van der Waals surface area contributed by atoms with Gasteiger partial charge in [-0.15, -0.1) is 0 Å². The first-order chi connectivity index (χ1) is 21.8.